The van der Waals surface area contributed by atoms with Crippen LogP contribution in [-0.2, 0) is 4.74 Å². The van der Waals surface area contributed by atoms with Crippen molar-refractivity contribution in [2.24, 2.45) is 5.84 Å². The minimum atomic E-state index is 0.0235. The van der Waals surface area contributed by atoms with Gasteiger partial charge in [0.25, 0.3) is 5.91 Å². The van der Waals surface area contributed by atoms with Crippen LogP contribution in [0.5, 0.6) is 0 Å². The molecule has 1 aliphatic rings. The van der Waals surface area contributed by atoms with Gasteiger partial charge >= 0.3 is 0 Å². The molecule has 1 fully saturated rings. The smallest absolute Gasteiger partial charge is 0.254 e. The van der Waals surface area contributed by atoms with Gasteiger partial charge in [0.05, 0.1) is 6.61 Å². The van der Waals surface area contributed by atoms with Crippen molar-refractivity contribution >= 4 is 11.7 Å². The highest BCUT2D eigenvalue weighted by atomic mass is 16.5. The molecule has 1 amide bonds. The summed E-state index contributed by atoms with van der Waals surface area (Å²) in [6.07, 6.45) is 2.14. The zero-order valence-corrected chi connectivity index (χ0v) is 12.9. The van der Waals surface area contributed by atoms with Crippen LogP contribution in [-0.4, -0.2) is 42.1 Å². The van der Waals surface area contributed by atoms with Gasteiger partial charge in [-0.05, 0) is 30.9 Å². The van der Waals surface area contributed by atoms with Gasteiger partial charge in [-0.3, -0.25) is 4.79 Å². The predicted octanol–water partition coefficient (Wildman–Crippen LogP) is 1.74. The summed E-state index contributed by atoms with van der Waals surface area (Å²) in [6.45, 7) is 5.25. The van der Waals surface area contributed by atoms with E-state index >= 15 is 0 Å². The highest BCUT2D eigenvalue weighted by molar-refractivity contribution is 5.95. The Hall–Kier alpha value is -1.66. The van der Waals surface area contributed by atoms with Crippen molar-refractivity contribution in [1.29, 1.82) is 0 Å². The van der Waals surface area contributed by atoms with Crippen LogP contribution >= 0.6 is 0 Å². The zero-order chi connectivity index (χ0) is 15.4. The van der Waals surface area contributed by atoms with Crippen molar-refractivity contribution in [2.45, 2.75) is 38.6 Å². The van der Waals surface area contributed by atoms with E-state index in [0.29, 0.717) is 30.6 Å². The lowest BCUT2D eigenvalue weighted by Crippen LogP contribution is -2.36. The van der Waals surface area contributed by atoms with Crippen molar-refractivity contribution in [3.8, 4) is 0 Å². The van der Waals surface area contributed by atoms with Gasteiger partial charge in [0, 0.05) is 31.0 Å². The first kappa shape index (κ1) is 15.7. The first-order valence-electron chi connectivity index (χ1n) is 7.35. The number of ether oxygens (including phenoxy) is 1. The van der Waals surface area contributed by atoms with Crippen molar-refractivity contribution in [1.82, 2.24) is 9.88 Å². The second-order valence-corrected chi connectivity index (χ2v) is 5.69. The lowest BCUT2D eigenvalue weighted by Gasteiger charge is -2.23. The van der Waals surface area contributed by atoms with Crippen LogP contribution in [0.4, 0.5) is 5.82 Å². The summed E-state index contributed by atoms with van der Waals surface area (Å²) in [5.41, 5.74) is 4.02. The Labute approximate surface area is 125 Å². The van der Waals surface area contributed by atoms with Crippen molar-refractivity contribution < 1.29 is 9.53 Å². The number of amides is 1. The van der Waals surface area contributed by atoms with E-state index in [-0.39, 0.29) is 11.8 Å². The molecule has 0 aliphatic heterocycles. The Kier molecular flexibility index (Phi) is 5.14. The van der Waals surface area contributed by atoms with Crippen LogP contribution in [0.25, 0.3) is 0 Å². The summed E-state index contributed by atoms with van der Waals surface area (Å²) in [7, 11) is 1.65. The minimum absolute atomic E-state index is 0.0235. The van der Waals surface area contributed by atoms with Gasteiger partial charge in [-0.1, -0.05) is 13.8 Å². The molecular formula is C15H24N4O2. The van der Waals surface area contributed by atoms with E-state index in [9.17, 15) is 4.79 Å². The molecule has 1 aliphatic carbocycles. The van der Waals surface area contributed by atoms with Crippen LogP contribution in [0.15, 0.2) is 12.1 Å². The fraction of sp³-hybridized carbons (Fsp3) is 0.600. The molecule has 0 unspecified atom stereocenters. The first-order valence-corrected chi connectivity index (χ1v) is 7.35. The largest absolute Gasteiger partial charge is 0.383 e. The molecule has 1 saturated carbocycles. The number of methoxy groups -OCH3 is 1. The van der Waals surface area contributed by atoms with Gasteiger partial charge in [-0.2, -0.15) is 0 Å². The maximum absolute atomic E-state index is 12.7. The van der Waals surface area contributed by atoms with Gasteiger partial charge in [-0.15, -0.1) is 0 Å². The highest BCUT2D eigenvalue weighted by Gasteiger charge is 2.33. The maximum atomic E-state index is 12.7. The third kappa shape index (κ3) is 3.92. The van der Waals surface area contributed by atoms with Crippen molar-refractivity contribution in [3.63, 3.8) is 0 Å². The average molecular weight is 292 g/mol. The number of nitrogens with one attached hydrogen (secondary N) is 1. The molecule has 0 bridgehead atoms. The van der Waals surface area contributed by atoms with Crippen LogP contribution in [0, 0.1) is 0 Å². The van der Waals surface area contributed by atoms with E-state index in [2.05, 4.69) is 10.4 Å². The van der Waals surface area contributed by atoms with Crippen LogP contribution in [0.3, 0.4) is 0 Å². The number of hydrogen-bond donors (Lipinski definition) is 2. The second kappa shape index (κ2) is 6.87. The molecule has 2 rings (SSSR count). The molecule has 0 aromatic carbocycles. The highest BCUT2D eigenvalue weighted by Crippen LogP contribution is 2.29. The van der Waals surface area contributed by atoms with E-state index in [1.54, 1.807) is 13.2 Å². The summed E-state index contributed by atoms with van der Waals surface area (Å²) >= 11 is 0. The maximum Gasteiger partial charge on any atom is 0.254 e. The van der Waals surface area contributed by atoms with E-state index in [1.165, 1.54) is 0 Å². The van der Waals surface area contributed by atoms with Crippen LogP contribution in [0.1, 0.15) is 48.7 Å². The molecule has 1 heterocycles. The Morgan fingerprint density at radius 2 is 2.24 bits per heavy atom. The number of rotatable bonds is 7. The van der Waals surface area contributed by atoms with Gasteiger partial charge < -0.3 is 15.1 Å². The fourth-order valence-electron chi connectivity index (χ4n) is 2.24. The number of anilines is 1. The molecule has 1 aromatic heterocycles. The number of carbonyl (C=O) groups is 1. The molecule has 6 heteroatoms. The zero-order valence-electron chi connectivity index (χ0n) is 12.9. The summed E-state index contributed by atoms with van der Waals surface area (Å²) in [6, 6.07) is 3.91. The lowest BCUT2D eigenvalue weighted by atomic mass is 10.1. The van der Waals surface area contributed by atoms with Gasteiger partial charge in [0.15, 0.2) is 0 Å². The second-order valence-electron chi connectivity index (χ2n) is 5.69. The van der Waals surface area contributed by atoms with E-state index in [1.807, 2.05) is 24.8 Å². The lowest BCUT2D eigenvalue weighted by molar-refractivity contribution is 0.0680. The summed E-state index contributed by atoms with van der Waals surface area (Å²) in [5, 5.41) is 0. The van der Waals surface area contributed by atoms with Gasteiger partial charge in [-0.25, -0.2) is 10.8 Å². The fourth-order valence-corrected chi connectivity index (χ4v) is 2.24. The normalized spacial score (nSPS) is 14.3. The van der Waals surface area contributed by atoms with Crippen molar-refractivity contribution in [3.05, 3.63) is 23.4 Å². The van der Waals surface area contributed by atoms with E-state index in [4.69, 9.17) is 10.6 Å². The first-order chi connectivity index (χ1) is 10.1. The molecule has 1 aromatic rings. The molecule has 0 radical (unpaired) electrons. The van der Waals surface area contributed by atoms with Crippen LogP contribution < -0.4 is 11.3 Å². The molecule has 21 heavy (non-hydrogen) atoms. The summed E-state index contributed by atoms with van der Waals surface area (Å²) in [5.74, 6) is 6.24. The average Bonchev–Trinajstić information content (AvgIpc) is 3.31. The summed E-state index contributed by atoms with van der Waals surface area (Å²) < 4.78 is 5.10. The van der Waals surface area contributed by atoms with Gasteiger partial charge in [0.2, 0.25) is 0 Å². The molecular weight excluding hydrogens is 268 g/mol. The standard InChI is InChI=1S/C15H24N4O2/c1-10(2)13-8-11(9-14(17-13)18-16)15(20)19(6-7-21-3)12-4-5-12/h8-10,12H,4-7,16H2,1-3H3,(H,17,18). The van der Waals surface area contributed by atoms with E-state index in [0.717, 1.165) is 18.5 Å². The number of hydrogen-bond acceptors (Lipinski definition) is 5. The number of aromatic nitrogens is 1. The molecule has 6 nitrogen and oxygen atoms in total. The third-order valence-electron chi connectivity index (χ3n) is 3.62. The molecule has 116 valence electrons. The Bertz CT molecular complexity index is 500. The Morgan fingerprint density at radius 3 is 2.76 bits per heavy atom. The third-order valence-corrected chi connectivity index (χ3v) is 3.62. The van der Waals surface area contributed by atoms with E-state index < -0.39 is 0 Å². The quantitative estimate of drug-likeness (QED) is 0.591. The van der Waals surface area contributed by atoms with Gasteiger partial charge in [0.1, 0.15) is 5.82 Å². The number of nitrogens with zero attached hydrogens (tertiary/aromatic N) is 2. The Balaban J connectivity index is 2.25. The number of hydrazine groups is 1. The number of nitrogens with two attached hydrogens (primary N) is 1. The molecule has 0 spiro atoms. The number of nitrogen functional groups attached to an aromatic ring is 1. The van der Waals surface area contributed by atoms with Crippen LogP contribution in [0.2, 0.25) is 0 Å². The topological polar surface area (TPSA) is 80.5 Å². The van der Waals surface area contributed by atoms with Crippen molar-refractivity contribution in [2.75, 3.05) is 25.7 Å². The predicted molar refractivity (Wildman–Crippen MR) is 82.1 cm³/mol. The molecule has 3 N–H and O–H groups in total. The minimum Gasteiger partial charge on any atom is -0.383 e. The number of pyridine rings is 1. The SMILES string of the molecule is COCCN(C(=O)c1cc(NN)nc(C(C)C)c1)C1CC1. The summed E-state index contributed by atoms with van der Waals surface area (Å²) in [4.78, 5) is 19.0. The number of carbonyl (C=O) groups excluding carboxylic acids is 1. The molecule has 0 atom stereocenters. The Morgan fingerprint density at radius 1 is 1.52 bits per heavy atom. The molecule has 0 saturated heterocycles. The monoisotopic (exact) mass is 292 g/mol.